The Balaban J connectivity index is 2.20. The van der Waals surface area contributed by atoms with E-state index < -0.39 is 0 Å². The largest absolute Gasteiger partial charge is 0.393 e. The van der Waals surface area contributed by atoms with Crippen molar-refractivity contribution in [3.05, 3.63) is 42.2 Å². The molecule has 114 valence electrons. The minimum absolute atomic E-state index is 0.594. The molecule has 0 saturated heterocycles. The average molecular weight is 324 g/mol. The molecule has 0 amide bonds. The lowest BCUT2D eigenvalue weighted by Gasteiger charge is -2.13. The lowest BCUT2D eigenvalue weighted by atomic mass is 10.1. The van der Waals surface area contributed by atoms with Crippen LogP contribution in [0.2, 0.25) is 0 Å². The molecular formula is C14H12N8S. The van der Waals surface area contributed by atoms with Gasteiger partial charge in [-0.2, -0.15) is 10.4 Å². The molecule has 8 nitrogen and oxygen atoms in total. The normalized spacial score (nSPS) is 14.5. The number of hydrogen-bond donors (Lipinski definition) is 2. The Labute approximate surface area is 136 Å². The monoisotopic (exact) mass is 324 g/mol. The van der Waals surface area contributed by atoms with Crippen LogP contribution in [0.1, 0.15) is 11.4 Å². The second kappa shape index (κ2) is 6.33. The third-order valence-corrected chi connectivity index (χ3v) is 3.66. The second-order valence-corrected chi connectivity index (χ2v) is 5.26. The van der Waals surface area contributed by atoms with Gasteiger partial charge in [0.05, 0.1) is 29.3 Å². The molecule has 0 fully saturated rings. The zero-order chi connectivity index (χ0) is 16.2. The van der Waals surface area contributed by atoms with E-state index in [0.29, 0.717) is 22.5 Å². The standard InChI is InChI=1S/C14H12N8S/c1-17-5-10(4-15)12-8-22-13(2-3-18-22)14(20-12)11-6-19-23-21(7-11)9-16/h2-8,15,17H,1H3/b10-5+,15-4?. The van der Waals surface area contributed by atoms with Gasteiger partial charge >= 0.3 is 0 Å². The van der Waals surface area contributed by atoms with E-state index in [0.717, 1.165) is 17.7 Å². The molecule has 9 heteroatoms. The number of fused-ring (bicyclic) bond motifs is 1. The van der Waals surface area contributed by atoms with Crippen LogP contribution in [0.3, 0.4) is 0 Å². The lowest BCUT2D eigenvalue weighted by molar-refractivity contribution is 0.876. The van der Waals surface area contributed by atoms with Gasteiger partial charge in [-0.05, 0) is 6.07 Å². The third kappa shape index (κ3) is 2.79. The number of allylic oxidation sites excluding steroid dienone is 2. The minimum Gasteiger partial charge on any atom is -0.393 e. The fourth-order valence-corrected chi connectivity index (χ4v) is 2.57. The first-order valence-electron chi connectivity index (χ1n) is 6.61. The van der Waals surface area contributed by atoms with Crippen molar-refractivity contribution in [1.29, 1.82) is 10.7 Å². The lowest BCUT2D eigenvalue weighted by Crippen LogP contribution is -2.08. The zero-order valence-electron chi connectivity index (χ0n) is 12.1. The summed E-state index contributed by atoms with van der Waals surface area (Å²) in [6.45, 7) is 0. The Kier molecular flexibility index (Phi) is 4.07. The quantitative estimate of drug-likeness (QED) is 0.504. The molecule has 0 bridgehead atoms. The Hall–Kier alpha value is -3.12. The van der Waals surface area contributed by atoms with Gasteiger partial charge in [-0.3, -0.25) is 0 Å². The number of nitrogens with zero attached hydrogens (tertiary/aromatic N) is 6. The molecule has 23 heavy (non-hydrogen) atoms. The molecule has 3 heterocycles. The van der Waals surface area contributed by atoms with Crippen LogP contribution in [-0.2, 0) is 0 Å². The molecule has 2 aromatic rings. The molecule has 0 aromatic carbocycles. The SMILES string of the molecule is CN/C=C(\C=N)c1cn2nccc2c(C2=CN(C#N)SN=C2)n1. The maximum atomic E-state index is 9.03. The van der Waals surface area contributed by atoms with Crippen LogP contribution < -0.4 is 5.32 Å². The summed E-state index contributed by atoms with van der Waals surface area (Å²) in [6.07, 6.45) is 11.7. The molecule has 3 rings (SSSR count). The summed E-state index contributed by atoms with van der Waals surface area (Å²) in [5.41, 5.74) is 3.35. The molecule has 1 aliphatic rings. The molecular weight excluding hydrogens is 312 g/mol. The van der Waals surface area contributed by atoms with E-state index in [1.54, 1.807) is 42.6 Å². The van der Waals surface area contributed by atoms with Gasteiger partial charge in [0, 0.05) is 43.0 Å². The van der Waals surface area contributed by atoms with Crippen molar-refractivity contribution in [1.82, 2.24) is 24.2 Å². The van der Waals surface area contributed by atoms with Crippen LogP contribution in [0.15, 0.2) is 35.3 Å². The highest BCUT2D eigenvalue weighted by Crippen LogP contribution is 2.26. The number of nitrogens with one attached hydrogen (secondary N) is 2. The van der Waals surface area contributed by atoms with E-state index in [1.807, 2.05) is 12.3 Å². The fraction of sp³-hybridized carbons (Fsp3) is 0.0714. The van der Waals surface area contributed by atoms with Crippen LogP contribution in [0.25, 0.3) is 16.7 Å². The number of hydrogen-bond acceptors (Lipinski definition) is 8. The van der Waals surface area contributed by atoms with Gasteiger partial charge in [0.25, 0.3) is 0 Å². The van der Waals surface area contributed by atoms with Gasteiger partial charge in [-0.25, -0.2) is 18.2 Å². The Bertz CT molecular complexity index is 886. The molecule has 0 unspecified atom stereocenters. The Morgan fingerprint density at radius 3 is 3.13 bits per heavy atom. The van der Waals surface area contributed by atoms with E-state index in [-0.39, 0.29) is 0 Å². The first kappa shape index (κ1) is 14.8. The van der Waals surface area contributed by atoms with Crippen molar-refractivity contribution < 1.29 is 0 Å². The third-order valence-electron chi connectivity index (χ3n) is 3.10. The van der Waals surface area contributed by atoms with Crippen molar-refractivity contribution in [2.75, 3.05) is 7.05 Å². The van der Waals surface area contributed by atoms with Gasteiger partial charge in [-0.1, -0.05) is 0 Å². The van der Waals surface area contributed by atoms with Gasteiger partial charge in [0.15, 0.2) is 6.19 Å². The maximum Gasteiger partial charge on any atom is 0.196 e. The van der Waals surface area contributed by atoms with E-state index >= 15 is 0 Å². The molecule has 0 spiro atoms. The summed E-state index contributed by atoms with van der Waals surface area (Å²) in [5, 5.41) is 23.7. The van der Waals surface area contributed by atoms with E-state index in [1.165, 1.54) is 10.5 Å². The minimum atomic E-state index is 0.594. The maximum absolute atomic E-state index is 9.03. The highest BCUT2D eigenvalue weighted by atomic mass is 32.2. The van der Waals surface area contributed by atoms with Gasteiger partial charge in [-0.15, -0.1) is 0 Å². The molecule has 1 aliphatic heterocycles. The van der Waals surface area contributed by atoms with Crippen LogP contribution in [-0.4, -0.2) is 38.4 Å². The van der Waals surface area contributed by atoms with Gasteiger partial charge < -0.3 is 10.7 Å². The molecule has 2 aromatic heterocycles. The van der Waals surface area contributed by atoms with Gasteiger partial charge in [0.1, 0.15) is 12.1 Å². The summed E-state index contributed by atoms with van der Waals surface area (Å²) in [4.78, 5) is 4.63. The van der Waals surface area contributed by atoms with Crippen LogP contribution >= 0.6 is 12.1 Å². The second-order valence-electron chi connectivity index (χ2n) is 4.49. The summed E-state index contributed by atoms with van der Waals surface area (Å²) in [5.74, 6) is 0. The molecule has 0 aliphatic carbocycles. The zero-order valence-corrected chi connectivity index (χ0v) is 12.9. The highest BCUT2D eigenvalue weighted by Gasteiger charge is 2.16. The number of nitriles is 1. The van der Waals surface area contributed by atoms with Crippen LogP contribution in [0.5, 0.6) is 0 Å². The summed E-state index contributed by atoms with van der Waals surface area (Å²) in [7, 11) is 1.76. The summed E-state index contributed by atoms with van der Waals surface area (Å²) >= 11 is 1.05. The van der Waals surface area contributed by atoms with Crippen molar-refractivity contribution in [3.63, 3.8) is 0 Å². The molecule has 0 saturated carbocycles. The first-order valence-corrected chi connectivity index (χ1v) is 7.34. The van der Waals surface area contributed by atoms with Crippen LogP contribution in [0.4, 0.5) is 0 Å². The molecule has 0 atom stereocenters. The van der Waals surface area contributed by atoms with E-state index in [9.17, 15) is 0 Å². The van der Waals surface area contributed by atoms with Gasteiger partial charge in [0.2, 0.25) is 0 Å². The molecule has 2 N–H and O–H groups in total. The van der Waals surface area contributed by atoms with Crippen molar-refractivity contribution in [3.8, 4) is 6.19 Å². The topological polar surface area (TPSA) is 105 Å². The molecule has 0 radical (unpaired) electrons. The Morgan fingerprint density at radius 1 is 1.52 bits per heavy atom. The smallest absolute Gasteiger partial charge is 0.196 e. The predicted octanol–water partition coefficient (Wildman–Crippen LogP) is 1.71. The van der Waals surface area contributed by atoms with E-state index in [2.05, 4.69) is 19.8 Å². The van der Waals surface area contributed by atoms with E-state index in [4.69, 9.17) is 10.7 Å². The van der Waals surface area contributed by atoms with Crippen LogP contribution in [0, 0.1) is 16.9 Å². The summed E-state index contributed by atoms with van der Waals surface area (Å²) < 4.78 is 7.13. The fourth-order valence-electron chi connectivity index (χ4n) is 2.11. The van der Waals surface area contributed by atoms with Crippen molar-refractivity contribution in [2.24, 2.45) is 4.40 Å². The Morgan fingerprint density at radius 2 is 2.39 bits per heavy atom. The average Bonchev–Trinajstić information content (AvgIpc) is 3.07. The summed E-state index contributed by atoms with van der Waals surface area (Å²) in [6, 6.07) is 1.84. The van der Waals surface area contributed by atoms with Crippen molar-refractivity contribution >= 4 is 41.2 Å². The predicted molar refractivity (Wildman–Crippen MR) is 90.3 cm³/mol. The van der Waals surface area contributed by atoms with Crippen molar-refractivity contribution in [2.45, 2.75) is 0 Å². The number of rotatable bonds is 4. The number of aromatic nitrogens is 3. The first-order chi connectivity index (χ1) is 11.3. The highest BCUT2D eigenvalue weighted by molar-refractivity contribution is 7.96.